The number of aromatic amines is 1. The van der Waals surface area contributed by atoms with Gasteiger partial charge in [0.05, 0.1) is 10.5 Å². The molecule has 2 heterocycles. The summed E-state index contributed by atoms with van der Waals surface area (Å²) in [4.78, 5) is 7.32. The first-order chi connectivity index (χ1) is 7.99. The minimum absolute atomic E-state index is 0.0377. The molecule has 2 atom stereocenters. The van der Waals surface area contributed by atoms with E-state index in [0.29, 0.717) is 15.5 Å². The van der Waals surface area contributed by atoms with E-state index in [2.05, 4.69) is 9.97 Å². The van der Waals surface area contributed by atoms with Crippen molar-refractivity contribution in [2.45, 2.75) is 13.0 Å². The third-order valence-corrected chi connectivity index (χ3v) is 3.90. The number of fused-ring (bicyclic) bond motifs is 1. The highest BCUT2D eigenvalue weighted by Gasteiger charge is 2.13. The lowest BCUT2D eigenvalue weighted by molar-refractivity contribution is 0.601. The van der Waals surface area contributed by atoms with E-state index in [1.165, 1.54) is 0 Å². The van der Waals surface area contributed by atoms with Crippen molar-refractivity contribution in [2.75, 3.05) is 12.0 Å². The van der Waals surface area contributed by atoms with Crippen LogP contribution in [-0.2, 0) is 10.8 Å². The van der Waals surface area contributed by atoms with Crippen LogP contribution >= 0.6 is 23.8 Å². The number of nitrogens with one attached hydrogen (secondary N) is 1. The van der Waals surface area contributed by atoms with Crippen LogP contribution in [0.5, 0.6) is 0 Å². The molecule has 0 spiro atoms. The van der Waals surface area contributed by atoms with Crippen LogP contribution in [0.2, 0.25) is 5.02 Å². The number of aromatic nitrogens is 3. The second-order valence-corrected chi connectivity index (χ2v) is 6.22. The first kappa shape index (κ1) is 12.7. The van der Waals surface area contributed by atoms with Gasteiger partial charge in [-0.15, -0.1) is 0 Å². The highest BCUT2D eigenvalue weighted by molar-refractivity contribution is 7.84. The normalized spacial score (nSPS) is 15.0. The molecule has 7 heteroatoms. The van der Waals surface area contributed by atoms with Gasteiger partial charge in [-0.05, 0) is 25.2 Å². The van der Waals surface area contributed by atoms with Crippen LogP contribution in [0.25, 0.3) is 11.2 Å². The molecule has 92 valence electrons. The summed E-state index contributed by atoms with van der Waals surface area (Å²) in [6, 6.07) is 1.82. The van der Waals surface area contributed by atoms with E-state index in [1.807, 2.05) is 11.5 Å². The zero-order valence-corrected chi connectivity index (χ0v) is 11.8. The average Bonchev–Trinajstić information content (AvgIpc) is 2.51. The van der Waals surface area contributed by atoms with Crippen LogP contribution in [0.15, 0.2) is 12.3 Å². The maximum absolute atomic E-state index is 11.3. The SMILES string of the molecule is CC(CS(C)=O)n1c(=S)[nH]c2cc(Cl)cnc21. The first-order valence-corrected chi connectivity index (χ1v) is 7.56. The van der Waals surface area contributed by atoms with Crippen LogP contribution in [0.3, 0.4) is 0 Å². The third kappa shape index (κ3) is 2.59. The quantitative estimate of drug-likeness (QED) is 0.884. The maximum atomic E-state index is 11.3. The second-order valence-electron chi connectivity index (χ2n) is 3.91. The summed E-state index contributed by atoms with van der Waals surface area (Å²) in [5, 5.41) is 0.563. The van der Waals surface area contributed by atoms with Crippen LogP contribution < -0.4 is 0 Å². The summed E-state index contributed by atoms with van der Waals surface area (Å²) in [6.45, 7) is 1.97. The van der Waals surface area contributed by atoms with Crippen molar-refractivity contribution >= 4 is 45.8 Å². The Bertz CT molecular complexity index is 634. The van der Waals surface area contributed by atoms with E-state index >= 15 is 0 Å². The lowest BCUT2D eigenvalue weighted by Gasteiger charge is -2.12. The van der Waals surface area contributed by atoms with Crippen LogP contribution in [-0.4, -0.2) is 30.8 Å². The fourth-order valence-corrected chi connectivity index (χ4v) is 3.17. The lowest BCUT2D eigenvalue weighted by Crippen LogP contribution is -2.13. The number of H-pyrrole nitrogens is 1. The van der Waals surface area contributed by atoms with Gasteiger partial charge in [-0.25, -0.2) is 4.98 Å². The van der Waals surface area contributed by atoms with Crippen LogP contribution in [0.4, 0.5) is 0 Å². The predicted octanol–water partition coefficient (Wildman–Crippen LogP) is 2.69. The second kappa shape index (κ2) is 4.88. The number of halogens is 1. The summed E-state index contributed by atoms with van der Waals surface area (Å²) in [5.41, 5.74) is 1.55. The molecule has 0 aliphatic heterocycles. The molecular formula is C10H12ClN3OS2. The van der Waals surface area contributed by atoms with Gasteiger partial charge in [-0.1, -0.05) is 11.6 Å². The first-order valence-electron chi connectivity index (χ1n) is 5.05. The Balaban J connectivity index is 2.57. The minimum Gasteiger partial charge on any atom is -0.329 e. The molecular weight excluding hydrogens is 278 g/mol. The summed E-state index contributed by atoms with van der Waals surface area (Å²) in [5.74, 6) is 0.547. The summed E-state index contributed by atoms with van der Waals surface area (Å²) in [6.07, 6.45) is 3.26. The van der Waals surface area contributed by atoms with Gasteiger partial charge in [0.25, 0.3) is 0 Å². The predicted molar refractivity (Wildman–Crippen MR) is 73.6 cm³/mol. The van der Waals surface area contributed by atoms with Gasteiger partial charge in [0.15, 0.2) is 10.4 Å². The van der Waals surface area contributed by atoms with Crippen molar-refractivity contribution in [1.29, 1.82) is 0 Å². The van der Waals surface area contributed by atoms with Crippen molar-refractivity contribution in [1.82, 2.24) is 14.5 Å². The summed E-state index contributed by atoms with van der Waals surface area (Å²) >= 11 is 11.1. The summed E-state index contributed by atoms with van der Waals surface area (Å²) < 4.78 is 13.7. The Morgan fingerprint density at radius 3 is 3.06 bits per heavy atom. The molecule has 17 heavy (non-hydrogen) atoms. The van der Waals surface area contributed by atoms with Crippen molar-refractivity contribution in [3.05, 3.63) is 22.1 Å². The topological polar surface area (TPSA) is 50.7 Å². The molecule has 0 bridgehead atoms. The number of hydrogen-bond donors (Lipinski definition) is 1. The molecule has 2 rings (SSSR count). The lowest BCUT2D eigenvalue weighted by atomic mass is 10.4. The number of nitrogens with zero attached hydrogens (tertiary/aromatic N) is 2. The van der Waals surface area contributed by atoms with Crippen molar-refractivity contribution < 1.29 is 4.21 Å². The molecule has 2 unspecified atom stereocenters. The van der Waals surface area contributed by atoms with E-state index in [1.54, 1.807) is 18.5 Å². The van der Waals surface area contributed by atoms with Gasteiger partial charge in [0.2, 0.25) is 0 Å². The Morgan fingerprint density at radius 1 is 1.71 bits per heavy atom. The van der Waals surface area contributed by atoms with Gasteiger partial charge < -0.3 is 4.98 Å². The molecule has 0 saturated heterocycles. The smallest absolute Gasteiger partial charge is 0.179 e. The molecule has 0 radical (unpaired) electrons. The third-order valence-electron chi connectivity index (χ3n) is 2.44. The minimum atomic E-state index is -0.871. The van der Waals surface area contributed by atoms with Crippen LogP contribution in [0.1, 0.15) is 13.0 Å². The number of hydrogen-bond acceptors (Lipinski definition) is 3. The van der Waals surface area contributed by atoms with E-state index in [-0.39, 0.29) is 6.04 Å². The van der Waals surface area contributed by atoms with Gasteiger partial charge in [-0.3, -0.25) is 8.78 Å². The number of imidazole rings is 1. The molecule has 0 aliphatic carbocycles. The maximum Gasteiger partial charge on any atom is 0.179 e. The van der Waals surface area contributed by atoms with E-state index < -0.39 is 10.8 Å². The fraction of sp³-hybridized carbons (Fsp3) is 0.400. The van der Waals surface area contributed by atoms with Crippen molar-refractivity contribution in [3.8, 4) is 0 Å². The Labute approximate surface area is 111 Å². The van der Waals surface area contributed by atoms with Gasteiger partial charge in [0, 0.05) is 35.0 Å². The van der Waals surface area contributed by atoms with Crippen molar-refractivity contribution in [3.63, 3.8) is 0 Å². The monoisotopic (exact) mass is 289 g/mol. The average molecular weight is 290 g/mol. The molecule has 0 amide bonds. The Kier molecular flexibility index (Phi) is 3.65. The highest BCUT2D eigenvalue weighted by Crippen LogP contribution is 2.20. The summed E-state index contributed by atoms with van der Waals surface area (Å²) in [7, 11) is -0.871. The standard InChI is InChI=1S/C10H12ClN3OS2/c1-6(5-17(2)15)14-9-8(13-10(14)16)3-7(11)4-12-9/h3-4,6H,5H2,1-2H3,(H,13,16). The highest BCUT2D eigenvalue weighted by atomic mass is 35.5. The van der Waals surface area contributed by atoms with Gasteiger partial charge in [0.1, 0.15) is 0 Å². The molecule has 0 saturated carbocycles. The zero-order chi connectivity index (χ0) is 12.6. The van der Waals surface area contributed by atoms with Gasteiger partial charge in [-0.2, -0.15) is 0 Å². The Morgan fingerprint density at radius 2 is 2.41 bits per heavy atom. The molecule has 0 aliphatic rings. The fourth-order valence-electron chi connectivity index (χ4n) is 1.81. The number of rotatable bonds is 3. The number of pyridine rings is 1. The molecule has 0 aromatic carbocycles. The molecule has 4 nitrogen and oxygen atoms in total. The van der Waals surface area contributed by atoms with Crippen LogP contribution in [0, 0.1) is 4.77 Å². The molecule has 2 aromatic rings. The Hall–Kier alpha value is -0.720. The van der Waals surface area contributed by atoms with Gasteiger partial charge >= 0.3 is 0 Å². The van der Waals surface area contributed by atoms with E-state index in [9.17, 15) is 4.21 Å². The molecule has 2 aromatic heterocycles. The molecule has 0 fully saturated rings. The van der Waals surface area contributed by atoms with Crippen molar-refractivity contribution in [2.24, 2.45) is 0 Å². The largest absolute Gasteiger partial charge is 0.329 e. The van der Waals surface area contributed by atoms with E-state index in [4.69, 9.17) is 23.8 Å². The van der Waals surface area contributed by atoms with E-state index in [0.717, 1.165) is 11.2 Å². The zero-order valence-electron chi connectivity index (χ0n) is 9.44. The molecule has 1 N–H and O–H groups in total.